The van der Waals surface area contributed by atoms with Crippen LogP contribution in [0.15, 0.2) is 22.7 Å². The molecule has 3 rings (SSSR count). The predicted octanol–water partition coefficient (Wildman–Crippen LogP) is 7.33. The van der Waals surface area contributed by atoms with E-state index < -0.39 is 11.7 Å². The summed E-state index contributed by atoms with van der Waals surface area (Å²) in [5, 5.41) is 7.23. The number of nitrogens with zero attached hydrogens (tertiary/aromatic N) is 2. The van der Waals surface area contributed by atoms with Crippen molar-refractivity contribution in [2.24, 2.45) is 0 Å². The topological polar surface area (TPSA) is 51.0 Å². The zero-order valence-electron chi connectivity index (χ0n) is 18.8. The summed E-state index contributed by atoms with van der Waals surface area (Å²) in [6.45, 7) is 3.91. The highest BCUT2D eigenvalue weighted by molar-refractivity contribution is 5.85. The third-order valence-electron chi connectivity index (χ3n) is 6.06. The van der Waals surface area contributed by atoms with Crippen LogP contribution in [-0.2, 0) is 12.6 Å². The average molecular weight is 474 g/mol. The van der Waals surface area contributed by atoms with Crippen LogP contribution < -0.4 is 5.32 Å². The molecular formula is C24H35ClF3N3O. The van der Waals surface area contributed by atoms with Gasteiger partial charge in [-0.05, 0) is 43.9 Å². The minimum absolute atomic E-state index is 0. The Kier molecular flexibility index (Phi) is 11.0. The van der Waals surface area contributed by atoms with Crippen molar-refractivity contribution in [1.29, 1.82) is 0 Å². The molecule has 1 aromatic carbocycles. The van der Waals surface area contributed by atoms with Gasteiger partial charge in [0.15, 0.2) is 0 Å². The zero-order valence-corrected chi connectivity index (χ0v) is 19.7. The molecule has 0 saturated carbocycles. The lowest BCUT2D eigenvalue weighted by Gasteiger charge is -2.18. The standard InChI is InChI=1S/C24H34F3N3O.ClH/c1-2-3-4-5-6-7-8-9-11-18-13-14-19(16-21(18)24(25,26)27)22-29-23(31-30-22)20-12-10-15-28-17-20;/h13-14,16,20,28H,2-12,15,17H2,1H3;1H. The number of rotatable bonds is 11. The van der Waals surface area contributed by atoms with Gasteiger partial charge in [-0.1, -0.05) is 69.2 Å². The first-order chi connectivity index (χ1) is 15.0. The summed E-state index contributed by atoms with van der Waals surface area (Å²) >= 11 is 0. The van der Waals surface area contributed by atoms with Gasteiger partial charge in [0.25, 0.3) is 0 Å². The second kappa shape index (κ2) is 13.2. The molecule has 0 amide bonds. The summed E-state index contributed by atoms with van der Waals surface area (Å²) in [6.07, 6.45) is 6.97. The minimum atomic E-state index is -4.40. The van der Waals surface area contributed by atoms with Crippen molar-refractivity contribution in [1.82, 2.24) is 15.5 Å². The Balaban J connectivity index is 0.00000363. The highest BCUT2D eigenvalue weighted by Crippen LogP contribution is 2.35. The first-order valence-electron chi connectivity index (χ1n) is 11.7. The fourth-order valence-corrected chi connectivity index (χ4v) is 4.23. The monoisotopic (exact) mass is 473 g/mol. The van der Waals surface area contributed by atoms with E-state index in [1.165, 1.54) is 38.2 Å². The van der Waals surface area contributed by atoms with Crippen molar-refractivity contribution >= 4 is 12.4 Å². The molecule has 2 heterocycles. The molecule has 32 heavy (non-hydrogen) atoms. The summed E-state index contributed by atoms with van der Waals surface area (Å²) < 4.78 is 46.5. The van der Waals surface area contributed by atoms with Gasteiger partial charge >= 0.3 is 6.18 Å². The van der Waals surface area contributed by atoms with Crippen LogP contribution in [0.2, 0.25) is 0 Å². The number of unbranched alkanes of at least 4 members (excludes halogenated alkanes) is 7. The summed E-state index contributed by atoms with van der Waals surface area (Å²) in [5.74, 6) is 0.849. The van der Waals surface area contributed by atoms with E-state index in [4.69, 9.17) is 4.52 Å². The van der Waals surface area contributed by atoms with Gasteiger partial charge in [0.1, 0.15) is 0 Å². The molecule has 1 fully saturated rings. The molecule has 180 valence electrons. The number of halogens is 4. The lowest BCUT2D eigenvalue weighted by molar-refractivity contribution is -0.138. The zero-order chi connectivity index (χ0) is 22.1. The van der Waals surface area contributed by atoms with Crippen LogP contribution in [0.1, 0.15) is 94.1 Å². The van der Waals surface area contributed by atoms with Gasteiger partial charge in [-0.3, -0.25) is 0 Å². The van der Waals surface area contributed by atoms with E-state index in [0.717, 1.165) is 45.2 Å². The lowest BCUT2D eigenvalue weighted by Crippen LogP contribution is -2.28. The van der Waals surface area contributed by atoms with Crippen molar-refractivity contribution in [3.05, 3.63) is 35.2 Å². The van der Waals surface area contributed by atoms with Crippen molar-refractivity contribution in [3.8, 4) is 11.4 Å². The number of nitrogens with one attached hydrogen (secondary N) is 1. The molecule has 1 N–H and O–H groups in total. The summed E-state index contributed by atoms with van der Waals surface area (Å²) in [6, 6.07) is 4.44. The van der Waals surface area contributed by atoms with E-state index in [-0.39, 0.29) is 24.1 Å². The van der Waals surface area contributed by atoms with Gasteiger partial charge in [-0.2, -0.15) is 18.2 Å². The molecule has 1 aromatic heterocycles. The molecule has 0 bridgehead atoms. The molecule has 1 aliphatic rings. The van der Waals surface area contributed by atoms with Crippen molar-refractivity contribution < 1.29 is 17.7 Å². The second-order valence-electron chi connectivity index (χ2n) is 8.59. The van der Waals surface area contributed by atoms with Crippen LogP contribution in [0, 0.1) is 0 Å². The Morgan fingerprint density at radius 2 is 1.78 bits per heavy atom. The smallest absolute Gasteiger partial charge is 0.339 e. The van der Waals surface area contributed by atoms with E-state index in [2.05, 4.69) is 22.4 Å². The number of alkyl halides is 3. The Morgan fingerprint density at radius 1 is 1.06 bits per heavy atom. The summed E-state index contributed by atoms with van der Waals surface area (Å²) in [4.78, 5) is 4.39. The molecule has 1 unspecified atom stereocenters. The highest BCUT2D eigenvalue weighted by Gasteiger charge is 2.34. The Morgan fingerprint density at radius 3 is 2.44 bits per heavy atom. The van der Waals surface area contributed by atoms with E-state index in [1.807, 2.05) is 0 Å². The number of benzene rings is 1. The first kappa shape index (κ1) is 26.7. The number of hydrogen-bond donors (Lipinski definition) is 1. The Labute approximate surface area is 195 Å². The number of aromatic nitrogens is 2. The second-order valence-corrected chi connectivity index (χ2v) is 8.59. The van der Waals surface area contributed by atoms with Crippen LogP contribution in [0.5, 0.6) is 0 Å². The third-order valence-corrected chi connectivity index (χ3v) is 6.06. The first-order valence-corrected chi connectivity index (χ1v) is 11.7. The molecule has 0 radical (unpaired) electrons. The third kappa shape index (κ3) is 7.77. The lowest BCUT2D eigenvalue weighted by atomic mass is 9.97. The van der Waals surface area contributed by atoms with Gasteiger partial charge in [0, 0.05) is 12.1 Å². The quantitative estimate of drug-likeness (QED) is 0.347. The van der Waals surface area contributed by atoms with Crippen molar-refractivity contribution in [3.63, 3.8) is 0 Å². The summed E-state index contributed by atoms with van der Waals surface area (Å²) in [7, 11) is 0. The Hall–Kier alpha value is -1.60. The fourth-order valence-electron chi connectivity index (χ4n) is 4.23. The van der Waals surface area contributed by atoms with Gasteiger partial charge in [-0.15, -0.1) is 12.4 Å². The molecule has 8 heteroatoms. The fraction of sp³-hybridized carbons (Fsp3) is 0.667. The van der Waals surface area contributed by atoms with Crippen LogP contribution >= 0.6 is 12.4 Å². The van der Waals surface area contributed by atoms with Crippen LogP contribution in [-0.4, -0.2) is 23.2 Å². The largest absolute Gasteiger partial charge is 0.416 e. The molecular weight excluding hydrogens is 439 g/mol. The van der Waals surface area contributed by atoms with E-state index in [1.54, 1.807) is 12.1 Å². The van der Waals surface area contributed by atoms with Crippen LogP contribution in [0.3, 0.4) is 0 Å². The normalized spacial score (nSPS) is 16.7. The molecule has 1 atom stereocenters. The van der Waals surface area contributed by atoms with Gasteiger partial charge in [0.05, 0.1) is 11.5 Å². The maximum Gasteiger partial charge on any atom is 0.416 e. The van der Waals surface area contributed by atoms with Crippen LogP contribution in [0.25, 0.3) is 11.4 Å². The maximum absolute atomic E-state index is 13.7. The molecule has 1 aliphatic heterocycles. The molecule has 4 nitrogen and oxygen atoms in total. The summed E-state index contributed by atoms with van der Waals surface area (Å²) in [5.41, 5.74) is 0.117. The van der Waals surface area contributed by atoms with Crippen molar-refractivity contribution in [2.75, 3.05) is 13.1 Å². The van der Waals surface area contributed by atoms with E-state index >= 15 is 0 Å². The molecule has 2 aromatic rings. The van der Waals surface area contributed by atoms with Gasteiger partial charge < -0.3 is 9.84 Å². The van der Waals surface area contributed by atoms with E-state index in [9.17, 15) is 13.2 Å². The number of aryl methyl sites for hydroxylation is 1. The van der Waals surface area contributed by atoms with Crippen molar-refractivity contribution in [2.45, 2.75) is 89.6 Å². The SMILES string of the molecule is CCCCCCCCCCc1ccc(-c2noc(C3CCCNC3)n2)cc1C(F)(F)F.Cl. The highest BCUT2D eigenvalue weighted by atomic mass is 35.5. The van der Waals surface area contributed by atoms with Crippen LogP contribution in [0.4, 0.5) is 13.2 Å². The number of hydrogen-bond acceptors (Lipinski definition) is 4. The van der Waals surface area contributed by atoms with E-state index in [0.29, 0.717) is 23.4 Å². The predicted molar refractivity (Wildman–Crippen MR) is 123 cm³/mol. The average Bonchev–Trinajstić information content (AvgIpc) is 3.26. The van der Waals surface area contributed by atoms with Gasteiger partial charge in [-0.25, -0.2) is 0 Å². The number of piperidine rings is 1. The minimum Gasteiger partial charge on any atom is -0.339 e. The molecule has 0 spiro atoms. The molecule has 1 saturated heterocycles. The van der Waals surface area contributed by atoms with Gasteiger partial charge in [0.2, 0.25) is 11.7 Å². The molecule has 0 aliphatic carbocycles. The Bertz CT molecular complexity index is 804. The maximum atomic E-state index is 13.7.